The van der Waals surface area contributed by atoms with Crippen molar-refractivity contribution in [1.29, 1.82) is 0 Å². The number of nitrogens with one attached hydrogen (secondary N) is 1. The van der Waals surface area contributed by atoms with E-state index in [1.54, 1.807) is 41.1 Å². The molecule has 182 valence electrons. The first-order chi connectivity index (χ1) is 17.1. The van der Waals surface area contributed by atoms with Crippen molar-refractivity contribution in [1.82, 2.24) is 20.0 Å². The van der Waals surface area contributed by atoms with Crippen LogP contribution in [-0.4, -0.2) is 35.7 Å². The summed E-state index contributed by atoms with van der Waals surface area (Å²) < 4.78 is 7.39. The number of carbonyl (C=O) groups excluding carboxylic acids is 1. The molecule has 1 N–H and O–H groups in total. The van der Waals surface area contributed by atoms with Crippen LogP contribution in [0.4, 0.5) is 17.1 Å². The van der Waals surface area contributed by atoms with Crippen LogP contribution in [0.2, 0.25) is 0 Å². The lowest BCUT2D eigenvalue weighted by Crippen LogP contribution is -2.12. The smallest absolute Gasteiger partial charge is 0.277 e. The van der Waals surface area contributed by atoms with Gasteiger partial charge in [-0.1, -0.05) is 0 Å². The minimum absolute atomic E-state index is 0.218. The van der Waals surface area contributed by atoms with Gasteiger partial charge in [0.15, 0.2) is 5.82 Å². The lowest BCUT2D eigenvalue weighted by atomic mass is 10.1. The van der Waals surface area contributed by atoms with Gasteiger partial charge in [0.05, 0.1) is 27.2 Å². The maximum absolute atomic E-state index is 12.5. The average molecular weight is 489 g/mol. The summed E-state index contributed by atoms with van der Waals surface area (Å²) in [6.07, 6.45) is 0. The van der Waals surface area contributed by atoms with Gasteiger partial charge in [0.2, 0.25) is 5.88 Å². The number of nitrogens with zero attached hydrogens (tertiary/aromatic N) is 6. The van der Waals surface area contributed by atoms with Crippen LogP contribution < -0.4 is 10.1 Å². The molecule has 0 saturated heterocycles. The molecule has 0 aliphatic rings. The summed E-state index contributed by atoms with van der Waals surface area (Å²) in [7, 11) is 0. The van der Waals surface area contributed by atoms with E-state index in [9.17, 15) is 25.0 Å². The highest BCUT2D eigenvalue weighted by Gasteiger charge is 2.20. The highest BCUT2D eigenvalue weighted by molar-refractivity contribution is 6.05. The molecule has 0 aliphatic heterocycles. The molecule has 13 nitrogen and oxygen atoms in total. The molecule has 2 aromatic carbocycles. The van der Waals surface area contributed by atoms with Gasteiger partial charge in [-0.3, -0.25) is 25.0 Å². The maximum atomic E-state index is 12.5. The molecule has 0 radical (unpaired) electrons. The van der Waals surface area contributed by atoms with Crippen molar-refractivity contribution in [3.63, 3.8) is 0 Å². The normalized spacial score (nSPS) is 10.6. The summed E-state index contributed by atoms with van der Waals surface area (Å²) in [5.74, 6) is 0.479. The molecular formula is C23H19N7O6. The summed E-state index contributed by atoms with van der Waals surface area (Å²) in [6, 6.07) is 12.3. The molecule has 13 heteroatoms. The van der Waals surface area contributed by atoms with Gasteiger partial charge < -0.3 is 10.1 Å². The summed E-state index contributed by atoms with van der Waals surface area (Å²) in [4.78, 5) is 33.0. The molecule has 4 rings (SSSR count). The topological polar surface area (TPSA) is 168 Å². The number of nitro groups is 2. The first-order valence-electron chi connectivity index (χ1n) is 10.5. The highest BCUT2D eigenvalue weighted by Crippen LogP contribution is 2.25. The largest absolute Gasteiger partial charge is 0.438 e. The Bertz CT molecular complexity index is 1450. The first kappa shape index (κ1) is 23.9. The zero-order valence-corrected chi connectivity index (χ0v) is 19.3. The fraction of sp³-hybridized carbons (Fsp3) is 0.130. The van der Waals surface area contributed by atoms with Crippen molar-refractivity contribution in [3.05, 3.63) is 97.3 Å². The Morgan fingerprint density at radius 1 is 0.917 bits per heavy atom. The van der Waals surface area contributed by atoms with Gasteiger partial charge in [-0.15, -0.1) is 10.2 Å². The number of aromatic nitrogens is 4. The van der Waals surface area contributed by atoms with E-state index in [4.69, 9.17) is 4.74 Å². The number of amides is 1. The quantitative estimate of drug-likeness (QED) is 0.291. The number of hydrogen-bond acceptors (Lipinski definition) is 9. The van der Waals surface area contributed by atoms with Crippen molar-refractivity contribution >= 4 is 23.0 Å². The molecule has 1 amide bonds. The number of carbonyl (C=O) groups is 1. The maximum Gasteiger partial charge on any atom is 0.277 e. The molecule has 0 saturated carbocycles. The zero-order chi connectivity index (χ0) is 26.0. The second kappa shape index (κ2) is 9.58. The van der Waals surface area contributed by atoms with E-state index in [1.807, 2.05) is 20.8 Å². The SMILES string of the molecule is Cc1nn(-c2ccc(Oc3ccc(NC(=O)c4cc([N+](=O)[O-])cc([N+](=O)[O-])c4)cc3)nn2)c(C)c1C. The van der Waals surface area contributed by atoms with Crippen LogP contribution in [0, 0.1) is 41.0 Å². The number of anilines is 1. The second-order valence-corrected chi connectivity index (χ2v) is 7.77. The first-order valence-corrected chi connectivity index (χ1v) is 10.5. The zero-order valence-electron chi connectivity index (χ0n) is 19.3. The Labute approximate surface area is 203 Å². The van der Waals surface area contributed by atoms with Crippen LogP contribution in [-0.2, 0) is 0 Å². The minimum atomic E-state index is -0.802. The fourth-order valence-corrected chi connectivity index (χ4v) is 3.29. The van der Waals surface area contributed by atoms with E-state index >= 15 is 0 Å². The van der Waals surface area contributed by atoms with Crippen molar-refractivity contribution in [2.75, 3.05) is 5.32 Å². The molecule has 2 aromatic heterocycles. The monoisotopic (exact) mass is 489 g/mol. The van der Waals surface area contributed by atoms with Gasteiger partial charge >= 0.3 is 0 Å². The minimum Gasteiger partial charge on any atom is -0.438 e. The summed E-state index contributed by atoms with van der Waals surface area (Å²) >= 11 is 0. The third kappa shape index (κ3) is 4.99. The lowest BCUT2D eigenvalue weighted by molar-refractivity contribution is -0.394. The average Bonchev–Trinajstić information content (AvgIpc) is 3.12. The molecule has 0 aliphatic carbocycles. The molecule has 0 unspecified atom stereocenters. The predicted molar refractivity (Wildman–Crippen MR) is 128 cm³/mol. The highest BCUT2D eigenvalue weighted by atomic mass is 16.6. The molecule has 0 spiro atoms. The Morgan fingerprint density at radius 2 is 1.56 bits per heavy atom. The van der Waals surface area contributed by atoms with E-state index in [2.05, 4.69) is 20.6 Å². The summed E-state index contributed by atoms with van der Waals surface area (Å²) in [6.45, 7) is 5.85. The molecule has 0 bridgehead atoms. The van der Waals surface area contributed by atoms with Crippen LogP contribution in [0.5, 0.6) is 11.6 Å². The van der Waals surface area contributed by atoms with Crippen LogP contribution in [0.15, 0.2) is 54.6 Å². The molecule has 36 heavy (non-hydrogen) atoms. The van der Waals surface area contributed by atoms with Gasteiger partial charge in [0.1, 0.15) is 5.75 Å². The predicted octanol–water partition coefficient (Wildman–Crippen LogP) is 4.45. The number of rotatable bonds is 7. The lowest BCUT2D eigenvalue weighted by Gasteiger charge is -2.08. The van der Waals surface area contributed by atoms with Crippen LogP contribution in [0.25, 0.3) is 5.82 Å². The summed E-state index contributed by atoms with van der Waals surface area (Å²) in [5.41, 5.74) is 1.97. The standard InChI is InChI=1S/C23H19N7O6/c1-13-14(2)27-28(15(13)3)21-8-9-22(26-25-21)36-20-6-4-17(5-7-20)24-23(31)16-10-18(29(32)33)12-19(11-16)30(34)35/h4-12H,1-3H3,(H,24,31). The van der Waals surface area contributed by atoms with Crippen LogP contribution in [0.1, 0.15) is 27.3 Å². The second-order valence-electron chi connectivity index (χ2n) is 7.77. The van der Waals surface area contributed by atoms with E-state index in [0.717, 1.165) is 35.2 Å². The summed E-state index contributed by atoms with van der Waals surface area (Å²) in [5, 5.41) is 37.3. The van der Waals surface area contributed by atoms with Gasteiger partial charge in [-0.2, -0.15) is 5.10 Å². The number of nitro benzene ring substituents is 2. The van der Waals surface area contributed by atoms with Gasteiger partial charge in [0.25, 0.3) is 17.3 Å². The molecule has 2 heterocycles. The van der Waals surface area contributed by atoms with Crippen molar-refractivity contribution in [2.24, 2.45) is 0 Å². The van der Waals surface area contributed by atoms with E-state index in [-0.39, 0.29) is 11.4 Å². The van der Waals surface area contributed by atoms with Gasteiger partial charge in [0, 0.05) is 29.6 Å². The molecule has 4 aromatic rings. The van der Waals surface area contributed by atoms with E-state index in [1.165, 1.54) is 0 Å². The number of aryl methyl sites for hydroxylation is 1. The van der Waals surface area contributed by atoms with E-state index < -0.39 is 27.1 Å². The Hall–Kier alpha value is -5.20. The van der Waals surface area contributed by atoms with Crippen LogP contribution in [0.3, 0.4) is 0 Å². The third-order valence-corrected chi connectivity index (χ3v) is 5.42. The number of non-ortho nitro benzene ring substituents is 2. The molecule has 0 atom stereocenters. The molecular weight excluding hydrogens is 470 g/mol. The fourth-order valence-electron chi connectivity index (χ4n) is 3.29. The Morgan fingerprint density at radius 3 is 2.06 bits per heavy atom. The van der Waals surface area contributed by atoms with Crippen molar-refractivity contribution in [3.8, 4) is 17.4 Å². The Balaban J connectivity index is 1.44. The van der Waals surface area contributed by atoms with Crippen molar-refractivity contribution in [2.45, 2.75) is 20.8 Å². The molecule has 0 fully saturated rings. The van der Waals surface area contributed by atoms with Gasteiger partial charge in [-0.25, -0.2) is 4.68 Å². The Kier molecular flexibility index (Phi) is 6.37. The number of ether oxygens (including phenoxy) is 1. The van der Waals surface area contributed by atoms with Crippen molar-refractivity contribution < 1.29 is 19.4 Å². The number of benzene rings is 2. The number of hydrogen-bond donors (Lipinski definition) is 1. The third-order valence-electron chi connectivity index (χ3n) is 5.42. The van der Waals surface area contributed by atoms with Crippen LogP contribution >= 0.6 is 0 Å². The van der Waals surface area contributed by atoms with E-state index in [0.29, 0.717) is 17.3 Å². The van der Waals surface area contributed by atoms with Gasteiger partial charge in [-0.05, 0) is 56.7 Å².